The Balaban J connectivity index is 1.68. The number of rotatable bonds is 5. The second-order valence-electron chi connectivity index (χ2n) is 7.34. The zero-order chi connectivity index (χ0) is 20.5. The third kappa shape index (κ3) is 3.40. The van der Waals surface area contributed by atoms with Gasteiger partial charge in [0.2, 0.25) is 0 Å². The monoisotopic (exact) mass is 388 g/mol. The van der Waals surface area contributed by atoms with Crippen LogP contribution in [0.25, 0.3) is 16.9 Å². The number of aromatic nitrogens is 6. The van der Waals surface area contributed by atoms with Crippen molar-refractivity contribution in [1.29, 1.82) is 0 Å². The SMILES string of the molecule is Cc1cccnc1C[C@H](C)n1cc(-c2c(C)n(C)n(-c3ccccc3)c2=O)nn1. The van der Waals surface area contributed by atoms with Crippen molar-refractivity contribution in [1.82, 2.24) is 29.3 Å². The molecule has 0 amide bonds. The Bertz CT molecular complexity index is 1200. The predicted octanol–water partition coefficient (Wildman–Crippen LogP) is 3.25. The summed E-state index contributed by atoms with van der Waals surface area (Å²) >= 11 is 0. The molecule has 0 bridgehead atoms. The number of benzene rings is 1. The number of pyridine rings is 1. The highest BCUT2D eigenvalue weighted by Gasteiger charge is 2.21. The van der Waals surface area contributed by atoms with Gasteiger partial charge in [-0.3, -0.25) is 14.5 Å². The maximum Gasteiger partial charge on any atom is 0.281 e. The molecule has 0 spiro atoms. The lowest BCUT2D eigenvalue weighted by Gasteiger charge is -2.12. The van der Waals surface area contributed by atoms with Crippen molar-refractivity contribution in [3.63, 3.8) is 0 Å². The van der Waals surface area contributed by atoms with Crippen molar-refractivity contribution in [3.05, 3.63) is 82.2 Å². The molecule has 3 aromatic heterocycles. The number of aryl methyl sites for hydroxylation is 1. The van der Waals surface area contributed by atoms with Crippen LogP contribution in [0, 0.1) is 13.8 Å². The first-order chi connectivity index (χ1) is 14.0. The highest BCUT2D eigenvalue weighted by Crippen LogP contribution is 2.21. The van der Waals surface area contributed by atoms with Crippen LogP contribution in [0.3, 0.4) is 0 Å². The summed E-state index contributed by atoms with van der Waals surface area (Å²) in [6.45, 7) is 6.06. The van der Waals surface area contributed by atoms with Crippen LogP contribution in [0.15, 0.2) is 59.7 Å². The van der Waals surface area contributed by atoms with Gasteiger partial charge >= 0.3 is 0 Å². The summed E-state index contributed by atoms with van der Waals surface area (Å²) in [4.78, 5) is 17.6. The smallest absolute Gasteiger partial charge is 0.281 e. The lowest BCUT2D eigenvalue weighted by Crippen LogP contribution is -2.20. The van der Waals surface area contributed by atoms with Gasteiger partial charge in [-0.15, -0.1) is 5.10 Å². The number of para-hydroxylation sites is 1. The van der Waals surface area contributed by atoms with Crippen LogP contribution in [0.4, 0.5) is 0 Å². The van der Waals surface area contributed by atoms with E-state index in [1.807, 2.05) is 65.9 Å². The second kappa shape index (κ2) is 7.50. The van der Waals surface area contributed by atoms with Gasteiger partial charge in [0.25, 0.3) is 5.56 Å². The summed E-state index contributed by atoms with van der Waals surface area (Å²) in [7, 11) is 1.88. The molecule has 7 nitrogen and oxygen atoms in total. The van der Waals surface area contributed by atoms with E-state index >= 15 is 0 Å². The number of nitrogens with zero attached hydrogens (tertiary/aromatic N) is 6. The molecular formula is C22H24N6O. The van der Waals surface area contributed by atoms with Crippen LogP contribution >= 0.6 is 0 Å². The van der Waals surface area contributed by atoms with Gasteiger partial charge in [0, 0.05) is 31.1 Å². The molecule has 0 unspecified atom stereocenters. The molecule has 148 valence electrons. The first kappa shape index (κ1) is 18.9. The third-order valence-electron chi connectivity index (χ3n) is 5.38. The van der Waals surface area contributed by atoms with Crippen molar-refractivity contribution in [3.8, 4) is 16.9 Å². The van der Waals surface area contributed by atoms with Crippen LogP contribution < -0.4 is 5.56 Å². The van der Waals surface area contributed by atoms with E-state index in [1.54, 1.807) is 10.9 Å². The molecule has 0 radical (unpaired) electrons. The molecule has 0 aliphatic heterocycles. The van der Waals surface area contributed by atoms with Gasteiger partial charge in [-0.1, -0.05) is 29.5 Å². The minimum Gasteiger partial charge on any atom is -0.285 e. The molecule has 0 saturated heterocycles. The standard InChI is InChI=1S/C22H24N6O/c1-15-9-8-12-23-19(15)13-16(2)27-14-20(24-25-27)21-17(3)26(4)28(22(21)29)18-10-6-5-7-11-18/h5-12,14,16H,13H2,1-4H3/t16-/m0/s1. The summed E-state index contributed by atoms with van der Waals surface area (Å²) in [6.07, 6.45) is 4.40. The summed E-state index contributed by atoms with van der Waals surface area (Å²) in [6, 6.07) is 13.7. The highest BCUT2D eigenvalue weighted by molar-refractivity contribution is 5.60. The summed E-state index contributed by atoms with van der Waals surface area (Å²) in [5.41, 5.74) is 4.92. The molecule has 4 rings (SSSR count). The van der Waals surface area contributed by atoms with Crippen LogP contribution in [-0.2, 0) is 13.5 Å². The van der Waals surface area contributed by atoms with E-state index in [2.05, 4.69) is 35.2 Å². The maximum absolute atomic E-state index is 13.2. The van der Waals surface area contributed by atoms with E-state index in [4.69, 9.17) is 0 Å². The Labute approximate surface area is 169 Å². The third-order valence-corrected chi connectivity index (χ3v) is 5.38. The minimum absolute atomic E-state index is 0.0743. The van der Waals surface area contributed by atoms with E-state index in [1.165, 1.54) is 0 Å². The Hall–Kier alpha value is -3.48. The fourth-order valence-corrected chi connectivity index (χ4v) is 3.58. The lowest BCUT2D eigenvalue weighted by atomic mass is 10.1. The van der Waals surface area contributed by atoms with Gasteiger partial charge < -0.3 is 0 Å². The Morgan fingerprint density at radius 2 is 1.83 bits per heavy atom. The number of hydrogen-bond donors (Lipinski definition) is 0. The van der Waals surface area contributed by atoms with Crippen molar-refractivity contribution in [2.24, 2.45) is 7.05 Å². The molecular weight excluding hydrogens is 364 g/mol. The number of hydrogen-bond acceptors (Lipinski definition) is 4. The van der Waals surface area contributed by atoms with Gasteiger partial charge in [0.15, 0.2) is 0 Å². The Morgan fingerprint density at radius 1 is 1.07 bits per heavy atom. The van der Waals surface area contributed by atoms with E-state index in [-0.39, 0.29) is 11.6 Å². The maximum atomic E-state index is 13.2. The molecule has 3 heterocycles. The van der Waals surface area contributed by atoms with Gasteiger partial charge in [-0.25, -0.2) is 9.36 Å². The van der Waals surface area contributed by atoms with E-state index in [0.29, 0.717) is 11.3 Å². The molecule has 0 saturated carbocycles. The Kier molecular flexibility index (Phi) is 4.88. The normalized spacial score (nSPS) is 12.3. The first-order valence-electron chi connectivity index (χ1n) is 9.64. The van der Waals surface area contributed by atoms with Gasteiger partial charge in [-0.2, -0.15) is 0 Å². The highest BCUT2D eigenvalue weighted by atomic mass is 16.1. The van der Waals surface area contributed by atoms with Crippen LogP contribution in [-0.4, -0.2) is 29.3 Å². The Morgan fingerprint density at radius 3 is 2.55 bits per heavy atom. The second-order valence-corrected chi connectivity index (χ2v) is 7.34. The summed E-state index contributed by atoms with van der Waals surface area (Å²) in [5, 5.41) is 8.60. The predicted molar refractivity (Wildman–Crippen MR) is 112 cm³/mol. The fraction of sp³-hybridized carbons (Fsp3) is 0.273. The zero-order valence-electron chi connectivity index (χ0n) is 17.1. The van der Waals surface area contributed by atoms with E-state index < -0.39 is 0 Å². The summed E-state index contributed by atoms with van der Waals surface area (Å²) in [5.74, 6) is 0. The van der Waals surface area contributed by atoms with Gasteiger partial charge in [0.1, 0.15) is 5.69 Å². The van der Waals surface area contributed by atoms with Crippen molar-refractivity contribution in [2.75, 3.05) is 0 Å². The molecule has 0 N–H and O–H groups in total. The van der Waals surface area contributed by atoms with Crippen LogP contribution in [0.5, 0.6) is 0 Å². The first-order valence-corrected chi connectivity index (χ1v) is 9.64. The molecule has 0 aliphatic rings. The van der Waals surface area contributed by atoms with Gasteiger partial charge in [0.05, 0.1) is 23.5 Å². The van der Waals surface area contributed by atoms with Gasteiger partial charge in [-0.05, 0) is 44.5 Å². The lowest BCUT2D eigenvalue weighted by molar-refractivity contribution is 0.469. The summed E-state index contributed by atoms with van der Waals surface area (Å²) < 4.78 is 5.32. The minimum atomic E-state index is -0.100. The van der Waals surface area contributed by atoms with Crippen molar-refractivity contribution < 1.29 is 0 Å². The van der Waals surface area contributed by atoms with E-state index in [0.717, 1.165) is 29.1 Å². The molecule has 1 atom stereocenters. The van der Waals surface area contributed by atoms with Crippen molar-refractivity contribution in [2.45, 2.75) is 33.2 Å². The van der Waals surface area contributed by atoms with Crippen molar-refractivity contribution >= 4 is 0 Å². The molecule has 4 aromatic rings. The molecule has 29 heavy (non-hydrogen) atoms. The topological polar surface area (TPSA) is 70.5 Å². The molecule has 0 fully saturated rings. The molecule has 7 heteroatoms. The fourth-order valence-electron chi connectivity index (χ4n) is 3.58. The quantitative estimate of drug-likeness (QED) is 0.526. The van der Waals surface area contributed by atoms with E-state index in [9.17, 15) is 4.79 Å². The average Bonchev–Trinajstić information content (AvgIpc) is 3.28. The molecule has 1 aromatic carbocycles. The van der Waals surface area contributed by atoms with Crippen LogP contribution in [0.2, 0.25) is 0 Å². The molecule has 0 aliphatic carbocycles. The zero-order valence-corrected chi connectivity index (χ0v) is 17.1. The largest absolute Gasteiger partial charge is 0.285 e. The van der Waals surface area contributed by atoms with Crippen LogP contribution in [0.1, 0.15) is 29.9 Å². The average molecular weight is 388 g/mol.